The molecule has 0 bridgehead atoms. The van der Waals surface area contributed by atoms with Gasteiger partial charge in [-0.1, -0.05) is 0 Å². The zero-order chi connectivity index (χ0) is 15.0. The molecule has 1 aliphatic heterocycles. The molecular formula is C14H22N2O3S2. The number of nitrogens with one attached hydrogen (secondary N) is 1. The average molecular weight is 330 g/mol. The maximum Gasteiger partial charge on any atom is 0.252 e. The van der Waals surface area contributed by atoms with E-state index in [9.17, 15) is 8.42 Å². The number of thiophene rings is 1. The molecule has 0 amide bonds. The zero-order valence-corrected chi connectivity index (χ0v) is 14.0. The van der Waals surface area contributed by atoms with Crippen LogP contribution in [0.2, 0.25) is 0 Å². The molecule has 1 saturated heterocycles. The number of ether oxygens (including phenoxy) is 1. The van der Waals surface area contributed by atoms with Crippen LogP contribution in [0.15, 0.2) is 16.3 Å². The summed E-state index contributed by atoms with van der Waals surface area (Å²) in [4.78, 5) is 1.07. The largest absolute Gasteiger partial charge is 0.377 e. The van der Waals surface area contributed by atoms with Gasteiger partial charge in [0.05, 0.1) is 12.1 Å². The molecule has 2 fully saturated rings. The summed E-state index contributed by atoms with van der Waals surface area (Å²) >= 11 is 1.36. The van der Waals surface area contributed by atoms with E-state index in [1.54, 1.807) is 13.1 Å². The van der Waals surface area contributed by atoms with Crippen molar-refractivity contribution in [3.05, 3.63) is 17.0 Å². The fourth-order valence-corrected chi connectivity index (χ4v) is 5.58. The van der Waals surface area contributed by atoms with E-state index in [1.165, 1.54) is 28.5 Å². The number of hydrogen-bond donors (Lipinski definition) is 1. The van der Waals surface area contributed by atoms with Crippen LogP contribution in [0.3, 0.4) is 0 Å². The van der Waals surface area contributed by atoms with Crippen LogP contribution in [-0.4, -0.2) is 44.6 Å². The second-order valence-electron chi connectivity index (χ2n) is 5.83. The third kappa shape index (κ3) is 3.32. The van der Waals surface area contributed by atoms with Gasteiger partial charge in [0.1, 0.15) is 4.21 Å². The van der Waals surface area contributed by atoms with Gasteiger partial charge in [0.15, 0.2) is 0 Å². The Balaban J connectivity index is 1.71. The van der Waals surface area contributed by atoms with Crippen molar-refractivity contribution >= 4 is 21.4 Å². The molecule has 2 heterocycles. The number of nitrogens with zero attached hydrogens (tertiary/aromatic N) is 1. The highest BCUT2D eigenvalue weighted by Gasteiger charge is 2.36. The molecule has 1 saturated carbocycles. The van der Waals surface area contributed by atoms with Crippen LogP contribution < -0.4 is 5.32 Å². The monoisotopic (exact) mass is 330 g/mol. The van der Waals surface area contributed by atoms with Crippen molar-refractivity contribution in [1.29, 1.82) is 0 Å². The standard InChI is InChI=1S/C14H22N2O3S2/c1-10-13(7-8-19-10)16(2)21(17,18)14-6-5-12(20-14)9-15-11-3-4-11/h5-6,10-11,13,15H,3-4,7-9H2,1-2H3. The molecule has 7 heteroatoms. The fourth-order valence-electron chi connectivity index (χ4n) is 2.64. The van der Waals surface area contributed by atoms with Gasteiger partial charge >= 0.3 is 0 Å². The van der Waals surface area contributed by atoms with Crippen LogP contribution in [0.5, 0.6) is 0 Å². The summed E-state index contributed by atoms with van der Waals surface area (Å²) in [5.41, 5.74) is 0. The molecule has 2 unspecified atom stereocenters. The second-order valence-corrected chi connectivity index (χ2v) is 9.22. The summed E-state index contributed by atoms with van der Waals surface area (Å²) in [6.45, 7) is 3.33. The summed E-state index contributed by atoms with van der Waals surface area (Å²) in [5, 5.41) is 3.41. The molecule has 0 spiro atoms. The minimum Gasteiger partial charge on any atom is -0.377 e. The van der Waals surface area contributed by atoms with E-state index in [-0.39, 0.29) is 12.1 Å². The van der Waals surface area contributed by atoms with Crippen molar-refractivity contribution in [3.8, 4) is 0 Å². The lowest BCUT2D eigenvalue weighted by Crippen LogP contribution is -2.40. The van der Waals surface area contributed by atoms with Gasteiger partial charge in [-0.25, -0.2) is 8.42 Å². The highest BCUT2D eigenvalue weighted by molar-refractivity contribution is 7.91. The van der Waals surface area contributed by atoms with Crippen molar-refractivity contribution in [1.82, 2.24) is 9.62 Å². The number of likely N-dealkylation sites (N-methyl/N-ethyl adjacent to an activating group) is 1. The minimum atomic E-state index is -3.41. The van der Waals surface area contributed by atoms with E-state index in [1.807, 2.05) is 13.0 Å². The SMILES string of the molecule is CC1OCCC1N(C)S(=O)(=O)c1ccc(CNC2CC2)s1. The van der Waals surface area contributed by atoms with Gasteiger partial charge in [0.25, 0.3) is 10.0 Å². The van der Waals surface area contributed by atoms with E-state index >= 15 is 0 Å². The van der Waals surface area contributed by atoms with Crippen LogP contribution in [0.25, 0.3) is 0 Å². The molecule has 2 aliphatic rings. The van der Waals surface area contributed by atoms with E-state index in [0.29, 0.717) is 16.9 Å². The van der Waals surface area contributed by atoms with Crippen molar-refractivity contribution in [2.75, 3.05) is 13.7 Å². The van der Waals surface area contributed by atoms with Crippen molar-refractivity contribution in [3.63, 3.8) is 0 Å². The van der Waals surface area contributed by atoms with Gasteiger partial charge in [-0.05, 0) is 38.3 Å². The molecule has 0 radical (unpaired) electrons. The van der Waals surface area contributed by atoms with Gasteiger partial charge in [-0.3, -0.25) is 0 Å². The lowest BCUT2D eigenvalue weighted by Gasteiger charge is -2.25. The molecule has 0 aromatic carbocycles. The second kappa shape index (κ2) is 5.96. The van der Waals surface area contributed by atoms with E-state index < -0.39 is 10.0 Å². The van der Waals surface area contributed by atoms with Gasteiger partial charge in [-0.15, -0.1) is 11.3 Å². The molecule has 118 valence electrons. The van der Waals surface area contributed by atoms with E-state index in [0.717, 1.165) is 17.8 Å². The summed E-state index contributed by atoms with van der Waals surface area (Å²) in [5.74, 6) is 0. The maximum atomic E-state index is 12.7. The zero-order valence-electron chi connectivity index (χ0n) is 12.4. The van der Waals surface area contributed by atoms with Crippen LogP contribution in [0, 0.1) is 0 Å². The predicted molar refractivity (Wildman–Crippen MR) is 82.9 cm³/mol. The molecular weight excluding hydrogens is 308 g/mol. The van der Waals surface area contributed by atoms with Gasteiger partial charge in [0, 0.05) is 31.1 Å². The Morgan fingerprint density at radius 2 is 2.14 bits per heavy atom. The first-order valence-corrected chi connectivity index (χ1v) is 9.66. The summed E-state index contributed by atoms with van der Waals surface area (Å²) in [7, 11) is -1.75. The average Bonchev–Trinajstić information content (AvgIpc) is 2.98. The smallest absolute Gasteiger partial charge is 0.252 e. The lowest BCUT2D eigenvalue weighted by atomic mass is 10.2. The molecule has 2 atom stereocenters. The van der Waals surface area contributed by atoms with E-state index in [4.69, 9.17) is 4.74 Å². The topological polar surface area (TPSA) is 58.6 Å². The Morgan fingerprint density at radius 1 is 1.38 bits per heavy atom. The maximum absolute atomic E-state index is 12.7. The number of sulfonamides is 1. The molecule has 1 N–H and O–H groups in total. The summed E-state index contributed by atoms with van der Waals surface area (Å²) < 4.78 is 32.8. The molecule has 5 nitrogen and oxygen atoms in total. The highest BCUT2D eigenvalue weighted by atomic mass is 32.2. The molecule has 21 heavy (non-hydrogen) atoms. The van der Waals surface area contributed by atoms with E-state index in [2.05, 4.69) is 5.32 Å². The third-order valence-electron chi connectivity index (χ3n) is 4.22. The lowest BCUT2D eigenvalue weighted by molar-refractivity contribution is 0.102. The first-order chi connectivity index (χ1) is 9.98. The van der Waals surface area contributed by atoms with Crippen molar-refractivity contribution < 1.29 is 13.2 Å². The van der Waals surface area contributed by atoms with Crippen molar-refractivity contribution in [2.45, 2.75) is 55.1 Å². The van der Waals surface area contributed by atoms with Crippen LogP contribution in [0.1, 0.15) is 31.1 Å². The van der Waals surface area contributed by atoms with Crippen molar-refractivity contribution in [2.24, 2.45) is 0 Å². The Bertz CT molecular complexity index is 595. The molecule has 1 aromatic rings. The van der Waals surface area contributed by atoms with Gasteiger partial charge in [-0.2, -0.15) is 4.31 Å². The van der Waals surface area contributed by atoms with Gasteiger partial charge in [0.2, 0.25) is 0 Å². The molecule has 1 aromatic heterocycles. The number of hydrogen-bond acceptors (Lipinski definition) is 5. The Labute approximate surface area is 130 Å². The molecule has 3 rings (SSSR count). The highest BCUT2D eigenvalue weighted by Crippen LogP contribution is 2.29. The Morgan fingerprint density at radius 3 is 2.76 bits per heavy atom. The normalized spacial score (nSPS) is 26.6. The third-order valence-corrected chi connectivity index (χ3v) is 7.65. The Hall–Kier alpha value is -0.470. The molecule has 1 aliphatic carbocycles. The fraction of sp³-hybridized carbons (Fsp3) is 0.714. The number of rotatable bonds is 6. The quantitative estimate of drug-likeness (QED) is 0.864. The van der Waals surface area contributed by atoms with Crippen LogP contribution in [0.4, 0.5) is 0 Å². The van der Waals surface area contributed by atoms with Crippen LogP contribution in [-0.2, 0) is 21.3 Å². The predicted octanol–water partition coefficient (Wildman–Crippen LogP) is 1.80. The van der Waals surface area contributed by atoms with Crippen LogP contribution >= 0.6 is 11.3 Å². The van der Waals surface area contributed by atoms with Gasteiger partial charge < -0.3 is 10.1 Å². The Kier molecular flexibility index (Phi) is 4.38. The minimum absolute atomic E-state index is 0.0410. The first kappa shape index (κ1) is 15.4. The summed E-state index contributed by atoms with van der Waals surface area (Å²) in [6.07, 6.45) is 3.19. The summed E-state index contributed by atoms with van der Waals surface area (Å²) in [6, 6.07) is 4.20. The first-order valence-electron chi connectivity index (χ1n) is 7.40.